The van der Waals surface area contributed by atoms with Gasteiger partial charge < -0.3 is 15.4 Å². The van der Waals surface area contributed by atoms with Crippen molar-refractivity contribution in [1.82, 2.24) is 20.2 Å². The first kappa shape index (κ1) is 18.8. The molecule has 7 heteroatoms. The van der Waals surface area contributed by atoms with Gasteiger partial charge in [0.05, 0.1) is 12.6 Å². The Balaban J connectivity index is 1.20. The van der Waals surface area contributed by atoms with Gasteiger partial charge in [-0.2, -0.15) is 0 Å². The molecule has 2 aliphatic heterocycles. The van der Waals surface area contributed by atoms with Gasteiger partial charge in [0.2, 0.25) is 0 Å². The van der Waals surface area contributed by atoms with Crippen LogP contribution in [0.5, 0.6) is 0 Å². The lowest BCUT2D eigenvalue weighted by atomic mass is 10.00. The van der Waals surface area contributed by atoms with Gasteiger partial charge in [-0.15, -0.1) is 0 Å². The van der Waals surface area contributed by atoms with Gasteiger partial charge in [-0.25, -0.2) is 9.97 Å². The van der Waals surface area contributed by atoms with E-state index in [1.54, 1.807) is 6.07 Å². The van der Waals surface area contributed by atoms with Gasteiger partial charge in [0.15, 0.2) is 0 Å². The maximum Gasteiger partial charge on any atom is 0.270 e. The number of nitrogens with one attached hydrogen (secondary N) is 2. The molecule has 3 heterocycles. The summed E-state index contributed by atoms with van der Waals surface area (Å²) >= 11 is 0. The van der Waals surface area contributed by atoms with E-state index >= 15 is 0 Å². The first-order valence-corrected chi connectivity index (χ1v) is 10.0. The Bertz CT molecular complexity index is 807. The van der Waals surface area contributed by atoms with Crippen LogP contribution >= 0.6 is 0 Å². The standard InChI is InChI=1S/C21H27N5O2/c27-21(19-12-20(24-15-23-19)25-18-7-11-28-14-18)22-8-3-9-26-10-6-16-4-1-2-5-17(16)13-26/h1-2,4-5,12,15,18H,3,6-11,13-14H2,(H,22,27)(H,23,24,25). The number of hydrogen-bond acceptors (Lipinski definition) is 6. The second-order valence-corrected chi connectivity index (χ2v) is 7.40. The first-order valence-electron chi connectivity index (χ1n) is 10.0. The average Bonchev–Trinajstić information content (AvgIpc) is 3.24. The minimum atomic E-state index is -0.155. The van der Waals surface area contributed by atoms with Crippen LogP contribution in [-0.2, 0) is 17.7 Å². The summed E-state index contributed by atoms with van der Waals surface area (Å²) in [5, 5.41) is 6.26. The van der Waals surface area contributed by atoms with Gasteiger partial charge >= 0.3 is 0 Å². The number of carbonyl (C=O) groups is 1. The highest BCUT2D eigenvalue weighted by Crippen LogP contribution is 2.18. The quantitative estimate of drug-likeness (QED) is 0.713. The van der Waals surface area contributed by atoms with E-state index in [1.165, 1.54) is 17.5 Å². The van der Waals surface area contributed by atoms with E-state index in [9.17, 15) is 4.79 Å². The van der Waals surface area contributed by atoms with E-state index in [0.717, 1.165) is 45.5 Å². The maximum absolute atomic E-state index is 12.4. The minimum Gasteiger partial charge on any atom is -0.379 e. The molecule has 0 saturated carbocycles. The number of carbonyl (C=O) groups excluding carboxylic acids is 1. The number of anilines is 1. The summed E-state index contributed by atoms with van der Waals surface area (Å²) in [6.45, 7) is 5.13. The van der Waals surface area contributed by atoms with Gasteiger partial charge in [0.25, 0.3) is 5.91 Å². The van der Waals surface area contributed by atoms with Crippen LogP contribution in [-0.4, -0.2) is 59.7 Å². The smallest absolute Gasteiger partial charge is 0.270 e. The Labute approximate surface area is 165 Å². The molecule has 7 nitrogen and oxygen atoms in total. The lowest BCUT2D eigenvalue weighted by Gasteiger charge is -2.28. The SMILES string of the molecule is O=C(NCCCN1CCc2ccccc2C1)c1cc(NC2CCOC2)ncn1. The minimum absolute atomic E-state index is 0.155. The van der Waals surface area contributed by atoms with Crippen molar-refractivity contribution in [1.29, 1.82) is 0 Å². The number of fused-ring (bicyclic) bond motifs is 1. The fourth-order valence-electron chi connectivity index (χ4n) is 3.76. The molecule has 1 amide bonds. The molecule has 2 aromatic rings. The number of hydrogen-bond donors (Lipinski definition) is 2. The summed E-state index contributed by atoms with van der Waals surface area (Å²) in [6.07, 6.45) is 4.40. The zero-order chi connectivity index (χ0) is 19.2. The average molecular weight is 381 g/mol. The fraction of sp³-hybridized carbons (Fsp3) is 0.476. The molecule has 1 aromatic carbocycles. The van der Waals surface area contributed by atoms with Gasteiger partial charge in [0, 0.05) is 38.9 Å². The van der Waals surface area contributed by atoms with Gasteiger partial charge in [-0.05, 0) is 30.4 Å². The van der Waals surface area contributed by atoms with Crippen LogP contribution in [0.3, 0.4) is 0 Å². The molecule has 148 valence electrons. The maximum atomic E-state index is 12.4. The van der Waals surface area contributed by atoms with Crippen molar-refractivity contribution in [2.45, 2.75) is 31.8 Å². The van der Waals surface area contributed by atoms with E-state index in [0.29, 0.717) is 24.7 Å². The predicted molar refractivity (Wildman–Crippen MR) is 107 cm³/mol. The molecular weight excluding hydrogens is 354 g/mol. The topological polar surface area (TPSA) is 79.4 Å². The van der Waals surface area contributed by atoms with E-state index in [2.05, 4.69) is 49.8 Å². The molecular formula is C21H27N5O2. The van der Waals surface area contributed by atoms with Crippen LogP contribution in [0.15, 0.2) is 36.7 Å². The molecule has 2 aliphatic rings. The first-order chi connectivity index (χ1) is 13.8. The van der Waals surface area contributed by atoms with Crippen LogP contribution in [0.2, 0.25) is 0 Å². The number of benzene rings is 1. The molecule has 1 fully saturated rings. The van der Waals surface area contributed by atoms with E-state index in [1.807, 2.05) is 0 Å². The van der Waals surface area contributed by atoms with E-state index in [-0.39, 0.29) is 11.9 Å². The molecule has 28 heavy (non-hydrogen) atoms. The Morgan fingerprint density at radius 3 is 3.00 bits per heavy atom. The van der Waals surface area contributed by atoms with E-state index in [4.69, 9.17) is 4.74 Å². The van der Waals surface area contributed by atoms with Crippen molar-refractivity contribution in [3.63, 3.8) is 0 Å². The predicted octanol–water partition coefficient (Wildman–Crippen LogP) is 1.86. The molecule has 0 bridgehead atoms. The number of rotatable bonds is 7. The highest BCUT2D eigenvalue weighted by atomic mass is 16.5. The third-order valence-electron chi connectivity index (χ3n) is 5.33. The number of aromatic nitrogens is 2. The third-order valence-corrected chi connectivity index (χ3v) is 5.33. The zero-order valence-electron chi connectivity index (χ0n) is 16.1. The highest BCUT2D eigenvalue weighted by molar-refractivity contribution is 5.92. The molecule has 0 aliphatic carbocycles. The van der Waals surface area contributed by atoms with Crippen molar-refractivity contribution in [2.24, 2.45) is 0 Å². The lowest BCUT2D eigenvalue weighted by Crippen LogP contribution is -2.34. The largest absolute Gasteiger partial charge is 0.379 e. The van der Waals surface area contributed by atoms with Crippen molar-refractivity contribution in [3.05, 3.63) is 53.5 Å². The Morgan fingerprint density at radius 2 is 2.14 bits per heavy atom. The molecule has 4 rings (SSSR count). The summed E-state index contributed by atoms with van der Waals surface area (Å²) in [7, 11) is 0. The molecule has 0 radical (unpaired) electrons. The summed E-state index contributed by atoms with van der Waals surface area (Å²) in [4.78, 5) is 23.1. The summed E-state index contributed by atoms with van der Waals surface area (Å²) < 4.78 is 5.35. The van der Waals surface area contributed by atoms with Crippen LogP contribution < -0.4 is 10.6 Å². The summed E-state index contributed by atoms with van der Waals surface area (Å²) in [5.74, 6) is 0.514. The number of ether oxygens (including phenoxy) is 1. The van der Waals surface area contributed by atoms with Gasteiger partial charge in [0.1, 0.15) is 17.8 Å². The highest BCUT2D eigenvalue weighted by Gasteiger charge is 2.17. The van der Waals surface area contributed by atoms with Crippen molar-refractivity contribution in [3.8, 4) is 0 Å². The molecule has 0 spiro atoms. The fourth-order valence-corrected chi connectivity index (χ4v) is 3.76. The monoisotopic (exact) mass is 381 g/mol. The second kappa shape index (κ2) is 9.12. The Hall–Kier alpha value is -2.51. The van der Waals surface area contributed by atoms with Crippen LogP contribution in [0, 0.1) is 0 Å². The van der Waals surface area contributed by atoms with E-state index < -0.39 is 0 Å². The lowest BCUT2D eigenvalue weighted by molar-refractivity contribution is 0.0946. The molecule has 1 unspecified atom stereocenters. The van der Waals surface area contributed by atoms with Crippen LogP contribution in [0.1, 0.15) is 34.5 Å². The van der Waals surface area contributed by atoms with Crippen molar-refractivity contribution < 1.29 is 9.53 Å². The Morgan fingerprint density at radius 1 is 1.25 bits per heavy atom. The van der Waals surface area contributed by atoms with Crippen molar-refractivity contribution in [2.75, 3.05) is 38.2 Å². The molecule has 1 aromatic heterocycles. The summed E-state index contributed by atoms with van der Waals surface area (Å²) in [5.41, 5.74) is 3.28. The van der Waals surface area contributed by atoms with Crippen molar-refractivity contribution >= 4 is 11.7 Å². The zero-order valence-corrected chi connectivity index (χ0v) is 16.1. The normalized spacial score (nSPS) is 19.2. The third kappa shape index (κ3) is 4.85. The number of amides is 1. The van der Waals surface area contributed by atoms with Crippen LogP contribution in [0.4, 0.5) is 5.82 Å². The van der Waals surface area contributed by atoms with Crippen LogP contribution in [0.25, 0.3) is 0 Å². The van der Waals surface area contributed by atoms with Gasteiger partial charge in [-0.1, -0.05) is 24.3 Å². The molecule has 1 atom stereocenters. The van der Waals surface area contributed by atoms with Gasteiger partial charge in [-0.3, -0.25) is 9.69 Å². The molecule has 1 saturated heterocycles. The second-order valence-electron chi connectivity index (χ2n) is 7.40. The summed E-state index contributed by atoms with van der Waals surface area (Å²) in [6, 6.07) is 10.6. The number of nitrogens with zero attached hydrogens (tertiary/aromatic N) is 3. The molecule has 2 N–H and O–H groups in total. The Kier molecular flexibility index (Phi) is 6.14.